The van der Waals surface area contributed by atoms with Crippen molar-refractivity contribution in [3.8, 4) is 11.8 Å². The van der Waals surface area contributed by atoms with Crippen LogP contribution in [0.2, 0.25) is 0 Å². The number of halogens is 1. The van der Waals surface area contributed by atoms with Gasteiger partial charge in [-0.3, -0.25) is 0 Å². The number of benzene rings is 2. The van der Waals surface area contributed by atoms with E-state index >= 15 is 0 Å². The largest absolute Gasteiger partial charge is 0.467 e. The number of hydrogen-bond donors (Lipinski definition) is 1. The Morgan fingerprint density at radius 3 is 2.55 bits per heavy atom. The first-order chi connectivity index (χ1) is 14.8. The number of hydrogen-bond acceptors (Lipinski definition) is 7. The van der Waals surface area contributed by atoms with Crippen LogP contribution in [-0.4, -0.2) is 52.7 Å². The van der Waals surface area contributed by atoms with Gasteiger partial charge >= 0.3 is 5.97 Å². The summed E-state index contributed by atoms with van der Waals surface area (Å²) in [6, 6.07) is 13.7. The molecule has 164 valence electrons. The molecule has 1 unspecified atom stereocenters. The van der Waals surface area contributed by atoms with E-state index in [2.05, 4.69) is 39.3 Å². The maximum absolute atomic E-state index is 13.2. The zero-order valence-electron chi connectivity index (χ0n) is 17.0. The van der Waals surface area contributed by atoms with Gasteiger partial charge in [0.2, 0.25) is 14.7 Å². The molecule has 1 fully saturated rings. The predicted octanol–water partition coefficient (Wildman–Crippen LogP) is 2.17. The highest BCUT2D eigenvalue weighted by Crippen LogP contribution is 2.26. The van der Waals surface area contributed by atoms with Gasteiger partial charge in [0.25, 0.3) is 0 Å². The van der Waals surface area contributed by atoms with Gasteiger partial charge in [0.05, 0.1) is 31.6 Å². The summed E-state index contributed by atoms with van der Waals surface area (Å²) in [7, 11) is -3.13. The lowest BCUT2D eigenvalue weighted by Gasteiger charge is -2.28. The zero-order valence-corrected chi connectivity index (χ0v) is 20.0. The zero-order chi connectivity index (χ0) is 22.5. The highest BCUT2D eigenvalue weighted by Gasteiger charge is 2.49. The third-order valence-electron chi connectivity index (χ3n) is 4.94. The second-order valence-electron chi connectivity index (χ2n) is 6.97. The second kappa shape index (κ2) is 9.99. The fourth-order valence-electron chi connectivity index (χ4n) is 3.15. The number of morpholine rings is 1. The molecule has 7 nitrogen and oxygen atoms in total. The smallest absolute Gasteiger partial charge is 0.343 e. The molecule has 0 amide bonds. The molecule has 2 aromatic carbocycles. The number of esters is 1. The summed E-state index contributed by atoms with van der Waals surface area (Å²) in [4.78, 5) is 12.2. The van der Waals surface area contributed by atoms with Crippen LogP contribution in [0.25, 0.3) is 0 Å². The summed E-state index contributed by atoms with van der Waals surface area (Å²) in [6.45, 7) is 2.92. The van der Waals surface area contributed by atoms with Gasteiger partial charge in [0.15, 0.2) is 0 Å². The normalized spacial score (nSPS) is 16.0. The van der Waals surface area contributed by atoms with Crippen LogP contribution in [0.15, 0.2) is 53.4 Å². The van der Waals surface area contributed by atoms with Crippen molar-refractivity contribution in [1.82, 2.24) is 0 Å². The topological polar surface area (TPSA) is 98.9 Å². The minimum absolute atomic E-state index is 0.0584. The maximum atomic E-state index is 13.2. The Kier molecular flexibility index (Phi) is 7.59. The van der Waals surface area contributed by atoms with Crippen LogP contribution in [0, 0.1) is 15.4 Å². The fourth-order valence-corrected chi connectivity index (χ4v) is 4.99. The molecule has 2 N–H and O–H groups in total. The van der Waals surface area contributed by atoms with E-state index in [4.69, 9.17) is 15.2 Å². The van der Waals surface area contributed by atoms with Gasteiger partial charge in [0.1, 0.15) is 0 Å². The second-order valence-corrected chi connectivity index (χ2v) is 10.4. The van der Waals surface area contributed by atoms with Gasteiger partial charge in [0, 0.05) is 27.9 Å². The minimum Gasteiger partial charge on any atom is -0.467 e. The summed E-state index contributed by atoms with van der Waals surface area (Å²) in [5.41, 5.74) is 7.83. The maximum Gasteiger partial charge on any atom is 0.343 e. The van der Waals surface area contributed by atoms with E-state index in [1.54, 1.807) is 12.1 Å². The van der Waals surface area contributed by atoms with Crippen LogP contribution in [0.5, 0.6) is 0 Å². The molecule has 0 spiro atoms. The SMILES string of the molecule is COC(=O)C(N)(CC#Cc1cccc(N2CCOCC2)c1)S(=O)(=O)c1ccc(I)cc1. The molecule has 1 heterocycles. The molecule has 1 aliphatic heterocycles. The number of anilines is 1. The first-order valence-electron chi connectivity index (χ1n) is 9.57. The Balaban J connectivity index is 1.87. The fraction of sp³-hybridized carbons (Fsp3) is 0.318. The predicted molar refractivity (Wildman–Crippen MR) is 126 cm³/mol. The standard InChI is InChI=1S/C22H23IN2O5S/c1-29-21(26)22(24,31(27,28)20-9-7-18(23)8-10-20)11-3-5-17-4-2-6-19(16-17)25-12-14-30-15-13-25/h2,4,6-10,16H,11-15,24H2,1H3. The lowest BCUT2D eigenvalue weighted by atomic mass is 10.1. The summed E-state index contributed by atoms with van der Waals surface area (Å²) in [5, 5.41) is 0. The molecule has 0 aliphatic carbocycles. The summed E-state index contributed by atoms with van der Waals surface area (Å²) in [6.07, 6.45) is -0.407. The molecule has 9 heteroatoms. The Hall–Kier alpha value is -2.13. The Labute approximate surface area is 196 Å². The van der Waals surface area contributed by atoms with E-state index in [1.165, 1.54) is 12.1 Å². The Morgan fingerprint density at radius 2 is 1.90 bits per heavy atom. The van der Waals surface area contributed by atoms with Crippen molar-refractivity contribution in [1.29, 1.82) is 0 Å². The third-order valence-corrected chi connectivity index (χ3v) is 7.82. The van der Waals surface area contributed by atoms with Gasteiger partial charge < -0.3 is 20.1 Å². The molecule has 1 aliphatic rings. The number of rotatable bonds is 5. The molecular formula is C22H23IN2O5S. The van der Waals surface area contributed by atoms with Crippen molar-refractivity contribution >= 4 is 44.1 Å². The van der Waals surface area contributed by atoms with Crippen LogP contribution in [0.4, 0.5) is 5.69 Å². The molecule has 1 atom stereocenters. The average molecular weight is 554 g/mol. The van der Waals surface area contributed by atoms with Crippen LogP contribution in [0.1, 0.15) is 12.0 Å². The van der Waals surface area contributed by atoms with Crippen molar-refractivity contribution in [2.24, 2.45) is 5.73 Å². The number of carbonyl (C=O) groups is 1. The summed E-state index contributed by atoms with van der Waals surface area (Å²) < 4.78 is 37.3. The number of nitrogens with zero attached hydrogens (tertiary/aromatic N) is 1. The van der Waals surface area contributed by atoms with Crippen molar-refractivity contribution in [3.05, 3.63) is 57.7 Å². The summed E-state index contributed by atoms with van der Waals surface area (Å²) in [5.74, 6) is 4.65. The molecule has 2 aromatic rings. The van der Waals surface area contributed by atoms with E-state index in [9.17, 15) is 13.2 Å². The van der Waals surface area contributed by atoms with Crippen molar-refractivity contribution < 1.29 is 22.7 Å². The molecule has 31 heavy (non-hydrogen) atoms. The van der Waals surface area contributed by atoms with Crippen LogP contribution in [0.3, 0.4) is 0 Å². The molecule has 0 radical (unpaired) electrons. The number of carbonyl (C=O) groups excluding carboxylic acids is 1. The molecule has 3 rings (SSSR count). The van der Waals surface area contributed by atoms with E-state index in [0.717, 1.165) is 29.5 Å². The van der Waals surface area contributed by atoms with Crippen molar-refractivity contribution in [2.75, 3.05) is 38.3 Å². The lowest BCUT2D eigenvalue weighted by molar-refractivity contribution is -0.143. The summed E-state index contributed by atoms with van der Waals surface area (Å²) >= 11 is 2.06. The number of nitrogens with two attached hydrogens (primary N) is 1. The van der Waals surface area contributed by atoms with Gasteiger partial charge in [-0.25, -0.2) is 13.2 Å². The first kappa shape index (κ1) is 23.5. The minimum atomic E-state index is -4.23. The molecule has 1 saturated heterocycles. The van der Waals surface area contributed by atoms with Crippen LogP contribution in [-0.2, 0) is 24.1 Å². The van der Waals surface area contributed by atoms with E-state index in [1.807, 2.05) is 24.3 Å². The quantitative estimate of drug-likeness (QED) is 0.344. The van der Waals surface area contributed by atoms with Crippen LogP contribution >= 0.6 is 22.6 Å². The molecular weight excluding hydrogens is 531 g/mol. The molecule has 0 saturated carbocycles. The van der Waals surface area contributed by atoms with Gasteiger partial charge in [-0.05, 0) is 65.1 Å². The molecule has 0 aromatic heterocycles. The van der Waals surface area contributed by atoms with Crippen LogP contribution < -0.4 is 10.6 Å². The van der Waals surface area contributed by atoms with Gasteiger partial charge in [-0.2, -0.15) is 0 Å². The van der Waals surface area contributed by atoms with Crippen molar-refractivity contribution in [3.63, 3.8) is 0 Å². The van der Waals surface area contributed by atoms with E-state index in [-0.39, 0.29) is 4.90 Å². The van der Waals surface area contributed by atoms with Gasteiger partial charge in [-0.1, -0.05) is 17.9 Å². The Bertz CT molecular complexity index is 1100. The first-order valence-corrected chi connectivity index (χ1v) is 12.1. The highest BCUT2D eigenvalue weighted by molar-refractivity contribution is 14.1. The van der Waals surface area contributed by atoms with Gasteiger partial charge in [-0.15, -0.1) is 0 Å². The number of sulfone groups is 1. The van der Waals surface area contributed by atoms with Crippen molar-refractivity contribution in [2.45, 2.75) is 16.2 Å². The third kappa shape index (κ3) is 5.20. The molecule has 0 bridgehead atoms. The lowest BCUT2D eigenvalue weighted by Crippen LogP contribution is -2.55. The highest BCUT2D eigenvalue weighted by atomic mass is 127. The van der Waals surface area contributed by atoms with E-state index in [0.29, 0.717) is 18.8 Å². The average Bonchev–Trinajstić information content (AvgIpc) is 2.79. The number of methoxy groups -OCH3 is 1. The van der Waals surface area contributed by atoms with E-state index < -0.39 is 27.1 Å². The monoisotopic (exact) mass is 554 g/mol. The Morgan fingerprint density at radius 1 is 1.23 bits per heavy atom. The number of ether oxygens (including phenoxy) is 2.